The summed E-state index contributed by atoms with van der Waals surface area (Å²) in [6.45, 7) is 1.59. The van der Waals surface area contributed by atoms with E-state index >= 15 is 0 Å². The molecule has 0 fully saturated rings. The number of aromatic nitrogens is 1. The van der Waals surface area contributed by atoms with Gasteiger partial charge in [-0.2, -0.15) is 0 Å². The molecular weight excluding hydrogens is 263 g/mol. The Balaban J connectivity index is 3.27. The highest BCUT2D eigenvalue weighted by atomic mass is 79.9. The Hall–Kier alpha value is -0.220. The van der Waals surface area contributed by atoms with E-state index in [0.29, 0.717) is 15.6 Å². The molecule has 1 aromatic rings. The molecule has 5 heteroatoms. The molecule has 0 atom stereocenters. The van der Waals surface area contributed by atoms with Crippen molar-refractivity contribution in [2.75, 3.05) is 0 Å². The largest absolute Gasteiger partial charge is 0.280 e. The van der Waals surface area contributed by atoms with Crippen molar-refractivity contribution in [2.45, 2.75) is 19.2 Å². The van der Waals surface area contributed by atoms with E-state index in [1.165, 1.54) is 6.20 Å². The average molecular weight is 271 g/mol. The van der Waals surface area contributed by atoms with Crippen LogP contribution in [0.3, 0.4) is 0 Å². The quantitative estimate of drug-likeness (QED) is 0.744. The predicted molar refractivity (Wildman–Crippen MR) is 51.2 cm³/mol. The number of hydrogen-bond donors (Lipinski definition) is 0. The molecule has 13 heavy (non-hydrogen) atoms. The summed E-state index contributed by atoms with van der Waals surface area (Å²) in [6, 6.07) is 0. The van der Waals surface area contributed by atoms with Crippen molar-refractivity contribution in [3.8, 4) is 0 Å². The molecule has 72 valence electrons. The maximum absolute atomic E-state index is 12.4. The summed E-state index contributed by atoms with van der Waals surface area (Å²) in [4.78, 5) is 3.63. The molecule has 0 N–H and O–H groups in total. The van der Waals surface area contributed by atoms with Gasteiger partial charge in [0, 0.05) is 16.5 Å². The standard InChI is InChI=1S/C8H7BrClF2N/c1-4-5(2-10)6(9)3-13-7(4)8(11)12/h3,8H,2H2,1H3. The molecule has 0 saturated heterocycles. The van der Waals surface area contributed by atoms with Crippen molar-refractivity contribution >= 4 is 27.5 Å². The lowest BCUT2D eigenvalue weighted by Gasteiger charge is -2.09. The topological polar surface area (TPSA) is 12.9 Å². The fourth-order valence-electron chi connectivity index (χ4n) is 1.02. The number of alkyl halides is 3. The van der Waals surface area contributed by atoms with Crippen LogP contribution in [0.25, 0.3) is 0 Å². The third kappa shape index (κ3) is 2.17. The van der Waals surface area contributed by atoms with Crippen LogP contribution in [-0.2, 0) is 5.88 Å². The first-order chi connectivity index (χ1) is 6.07. The summed E-state index contributed by atoms with van der Waals surface area (Å²) in [5.41, 5.74) is 0.935. The molecule has 0 bridgehead atoms. The van der Waals surface area contributed by atoms with E-state index in [0.717, 1.165) is 0 Å². The van der Waals surface area contributed by atoms with Gasteiger partial charge in [-0.15, -0.1) is 11.6 Å². The Labute approximate surface area is 88.2 Å². The van der Waals surface area contributed by atoms with Crippen LogP contribution < -0.4 is 0 Å². The zero-order valence-corrected chi connectivity index (χ0v) is 9.16. The Morgan fingerprint density at radius 2 is 2.23 bits per heavy atom. The van der Waals surface area contributed by atoms with Crippen molar-refractivity contribution in [1.29, 1.82) is 0 Å². The van der Waals surface area contributed by atoms with Crippen LogP contribution in [0.5, 0.6) is 0 Å². The van der Waals surface area contributed by atoms with E-state index in [-0.39, 0.29) is 11.6 Å². The highest BCUT2D eigenvalue weighted by Crippen LogP contribution is 2.28. The number of halogens is 4. The molecule has 0 aliphatic carbocycles. The lowest BCUT2D eigenvalue weighted by atomic mass is 10.1. The highest BCUT2D eigenvalue weighted by Gasteiger charge is 2.16. The molecule has 0 radical (unpaired) electrons. The Kier molecular flexibility index (Phi) is 3.62. The first-order valence-corrected chi connectivity index (χ1v) is 4.88. The van der Waals surface area contributed by atoms with Crippen LogP contribution in [0.15, 0.2) is 10.7 Å². The van der Waals surface area contributed by atoms with Crippen LogP contribution in [0, 0.1) is 6.92 Å². The smallest absolute Gasteiger partial charge is 0.254 e. The zero-order chi connectivity index (χ0) is 10.0. The molecular formula is C8H7BrClF2N. The van der Waals surface area contributed by atoms with Crippen LogP contribution in [0.2, 0.25) is 0 Å². The first kappa shape index (κ1) is 10.9. The molecule has 1 heterocycles. The zero-order valence-electron chi connectivity index (χ0n) is 6.82. The van der Waals surface area contributed by atoms with Crippen molar-refractivity contribution < 1.29 is 8.78 Å². The molecule has 0 amide bonds. The van der Waals surface area contributed by atoms with E-state index in [1.807, 2.05) is 0 Å². The third-order valence-electron chi connectivity index (χ3n) is 1.78. The fourth-order valence-corrected chi connectivity index (χ4v) is 2.06. The molecule has 1 aromatic heterocycles. The van der Waals surface area contributed by atoms with Gasteiger partial charge < -0.3 is 0 Å². The second-order valence-corrected chi connectivity index (χ2v) is 3.65. The predicted octanol–water partition coefficient (Wildman–Crippen LogP) is 3.83. The summed E-state index contributed by atoms with van der Waals surface area (Å²) < 4.78 is 25.4. The monoisotopic (exact) mass is 269 g/mol. The van der Waals surface area contributed by atoms with E-state index in [1.54, 1.807) is 6.92 Å². The second-order valence-electron chi connectivity index (χ2n) is 2.53. The number of hydrogen-bond acceptors (Lipinski definition) is 1. The minimum absolute atomic E-state index is 0.196. The van der Waals surface area contributed by atoms with Gasteiger partial charge in [-0.05, 0) is 34.0 Å². The van der Waals surface area contributed by atoms with Crippen molar-refractivity contribution in [3.05, 3.63) is 27.5 Å². The van der Waals surface area contributed by atoms with Gasteiger partial charge in [0.1, 0.15) is 5.69 Å². The lowest BCUT2D eigenvalue weighted by Crippen LogP contribution is -1.99. The Morgan fingerprint density at radius 3 is 2.69 bits per heavy atom. The first-order valence-electron chi connectivity index (χ1n) is 3.56. The molecule has 0 saturated carbocycles. The van der Waals surface area contributed by atoms with Crippen LogP contribution in [0.4, 0.5) is 8.78 Å². The maximum Gasteiger partial charge on any atom is 0.280 e. The maximum atomic E-state index is 12.4. The normalized spacial score (nSPS) is 10.9. The van der Waals surface area contributed by atoms with Crippen LogP contribution in [-0.4, -0.2) is 4.98 Å². The van der Waals surface area contributed by atoms with E-state index in [2.05, 4.69) is 20.9 Å². The van der Waals surface area contributed by atoms with Crippen molar-refractivity contribution in [3.63, 3.8) is 0 Å². The van der Waals surface area contributed by atoms with Gasteiger partial charge in [0.2, 0.25) is 0 Å². The second kappa shape index (κ2) is 4.33. The summed E-state index contributed by atoms with van der Waals surface area (Å²) >= 11 is 8.81. The summed E-state index contributed by atoms with van der Waals surface area (Å²) in [6.07, 6.45) is -1.19. The average Bonchev–Trinajstić information content (AvgIpc) is 2.04. The third-order valence-corrected chi connectivity index (χ3v) is 2.73. The van der Waals surface area contributed by atoms with Gasteiger partial charge in [0.15, 0.2) is 0 Å². The van der Waals surface area contributed by atoms with Gasteiger partial charge in [0.05, 0.1) is 0 Å². The lowest BCUT2D eigenvalue weighted by molar-refractivity contribution is 0.145. The van der Waals surface area contributed by atoms with Crippen molar-refractivity contribution in [2.24, 2.45) is 0 Å². The molecule has 1 rings (SSSR count). The van der Waals surface area contributed by atoms with Gasteiger partial charge in [-0.3, -0.25) is 4.98 Å². The van der Waals surface area contributed by atoms with Gasteiger partial charge in [0.25, 0.3) is 6.43 Å². The van der Waals surface area contributed by atoms with Gasteiger partial charge in [-0.1, -0.05) is 0 Å². The van der Waals surface area contributed by atoms with Crippen LogP contribution in [0.1, 0.15) is 23.2 Å². The van der Waals surface area contributed by atoms with Crippen LogP contribution >= 0.6 is 27.5 Å². The Bertz CT molecular complexity index is 317. The minimum atomic E-state index is -2.55. The molecule has 0 unspecified atom stereocenters. The molecule has 1 nitrogen and oxygen atoms in total. The Morgan fingerprint density at radius 1 is 1.62 bits per heavy atom. The summed E-state index contributed by atoms with van der Waals surface area (Å²) in [5.74, 6) is 0.203. The van der Waals surface area contributed by atoms with Gasteiger partial charge in [-0.25, -0.2) is 8.78 Å². The summed E-state index contributed by atoms with van der Waals surface area (Å²) in [5, 5.41) is 0. The van der Waals surface area contributed by atoms with Crippen molar-refractivity contribution in [1.82, 2.24) is 4.98 Å². The number of pyridine rings is 1. The summed E-state index contributed by atoms with van der Waals surface area (Å²) in [7, 11) is 0. The minimum Gasteiger partial charge on any atom is -0.254 e. The molecule has 0 spiro atoms. The molecule has 0 aliphatic heterocycles. The van der Waals surface area contributed by atoms with E-state index < -0.39 is 6.43 Å². The highest BCUT2D eigenvalue weighted by molar-refractivity contribution is 9.10. The molecule has 0 aliphatic rings. The van der Waals surface area contributed by atoms with E-state index in [9.17, 15) is 8.78 Å². The SMILES string of the molecule is Cc1c(C(F)F)ncc(Br)c1CCl. The fraction of sp³-hybridized carbons (Fsp3) is 0.375. The number of rotatable bonds is 2. The molecule has 0 aromatic carbocycles. The van der Waals surface area contributed by atoms with E-state index in [4.69, 9.17) is 11.6 Å². The van der Waals surface area contributed by atoms with Gasteiger partial charge >= 0.3 is 0 Å². The number of nitrogens with zero attached hydrogens (tertiary/aromatic N) is 1.